The van der Waals surface area contributed by atoms with Crippen LogP contribution in [0.25, 0.3) is 0 Å². The zero-order valence-electron chi connectivity index (χ0n) is 14.6. The number of hydrogen-bond donors (Lipinski definition) is 0. The highest BCUT2D eigenvalue weighted by Gasteiger charge is 2.26. The molecule has 1 aliphatic heterocycles. The number of aryl methyl sites for hydroxylation is 1. The van der Waals surface area contributed by atoms with E-state index in [4.69, 9.17) is 0 Å². The predicted octanol–water partition coefficient (Wildman–Crippen LogP) is 3.33. The number of amides is 2. The van der Waals surface area contributed by atoms with Gasteiger partial charge < -0.3 is 9.80 Å². The number of nitrogens with zero attached hydrogens (tertiary/aromatic N) is 4. The van der Waals surface area contributed by atoms with Gasteiger partial charge in [0.1, 0.15) is 0 Å². The highest BCUT2D eigenvalue weighted by atomic mass is 16.2. The molecule has 0 aliphatic carbocycles. The van der Waals surface area contributed by atoms with Gasteiger partial charge in [-0.3, -0.25) is 4.68 Å². The molecule has 0 N–H and O–H groups in total. The van der Waals surface area contributed by atoms with E-state index in [1.54, 1.807) is 0 Å². The van der Waals surface area contributed by atoms with E-state index in [-0.39, 0.29) is 6.03 Å². The molecule has 1 aromatic heterocycles. The molecule has 0 radical (unpaired) electrons. The molecule has 1 saturated heterocycles. The number of urea groups is 1. The normalized spacial score (nSPS) is 15.5. The standard InChI is InChI=1S/C19H26N4O/c1-3-23-15-18(13-20-23)17-9-11-22(12-10-17)19(24)21(2)14-16-7-5-4-6-8-16/h4-8,13,15,17H,3,9-12,14H2,1-2H3. The van der Waals surface area contributed by atoms with Crippen molar-refractivity contribution in [1.82, 2.24) is 19.6 Å². The summed E-state index contributed by atoms with van der Waals surface area (Å²) in [6.45, 7) is 5.30. The molecule has 128 valence electrons. The summed E-state index contributed by atoms with van der Waals surface area (Å²) < 4.78 is 1.97. The van der Waals surface area contributed by atoms with Gasteiger partial charge in [0.05, 0.1) is 6.20 Å². The van der Waals surface area contributed by atoms with E-state index < -0.39 is 0 Å². The SMILES string of the molecule is CCn1cc(C2CCN(C(=O)N(C)Cc3ccccc3)CC2)cn1. The molecule has 0 saturated carbocycles. The first-order chi connectivity index (χ1) is 11.7. The lowest BCUT2D eigenvalue weighted by Crippen LogP contribution is -2.44. The fourth-order valence-electron chi connectivity index (χ4n) is 3.33. The van der Waals surface area contributed by atoms with E-state index in [0.717, 1.165) is 38.0 Å². The van der Waals surface area contributed by atoms with Crippen LogP contribution in [0.3, 0.4) is 0 Å². The van der Waals surface area contributed by atoms with Crippen molar-refractivity contribution in [2.45, 2.75) is 38.8 Å². The average molecular weight is 326 g/mol. The van der Waals surface area contributed by atoms with Crippen molar-refractivity contribution < 1.29 is 4.79 Å². The molecule has 0 spiro atoms. The molecule has 0 unspecified atom stereocenters. The lowest BCUT2D eigenvalue weighted by atomic mass is 9.92. The molecule has 0 bridgehead atoms. The summed E-state index contributed by atoms with van der Waals surface area (Å²) in [5.41, 5.74) is 2.47. The Kier molecular flexibility index (Phi) is 5.18. The minimum Gasteiger partial charge on any atom is -0.325 e. The minimum absolute atomic E-state index is 0.126. The number of benzene rings is 1. The number of piperidine rings is 1. The van der Waals surface area contributed by atoms with Gasteiger partial charge in [0, 0.05) is 39.4 Å². The quantitative estimate of drug-likeness (QED) is 0.865. The van der Waals surface area contributed by atoms with E-state index >= 15 is 0 Å². The van der Waals surface area contributed by atoms with Crippen molar-refractivity contribution in [2.75, 3.05) is 20.1 Å². The zero-order valence-corrected chi connectivity index (χ0v) is 14.6. The first kappa shape index (κ1) is 16.6. The third-order valence-corrected chi connectivity index (χ3v) is 4.80. The van der Waals surface area contributed by atoms with Gasteiger partial charge in [-0.2, -0.15) is 5.10 Å². The summed E-state index contributed by atoms with van der Waals surface area (Å²) in [4.78, 5) is 16.4. The molecule has 5 nitrogen and oxygen atoms in total. The maximum absolute atomic E-state index is 12.6. The topological polar surface area (TPSA) is 41.4 Å². The zero-order chi connectivity index (χ0) is 16.9. The highest BCUT2D eigenvalue weighted by molar-refractivity contribution is 5.74. The Balaban J connectivity index is 1.53. The molecule has 5 heteroatoms. The first-order valence-electron chi connectivity index (χ1n) is 8.73. The molecule has 0 atom stereocenters. The van der Waals surface area contributed by atoms with Gasteiger partial charge in [-0.05, 0) is 36.8 Å². The number of aromatic nitrogens is 2. The Hall–Kier alpha value is -2.30. The van der Waals surface area contributed by atoms with Gasteiger partial charge in [0.15, 0.2) is 0 Å². The summed E-state index contributed by atoms with van der Waals surface area (Å²) in [6, 6.07) is 10.3. The Morgan fingerprint density at radius 3 is 2.58 bits per heavy atom. The first-order valence-corrected chi connectivity index (χ1v) is 8.73. The summed E-state index contributed by atoms with van der Waals surface area (Å²) in [5.74, 6) is 0.522. The van der Waals surface area contributed by atoms with E-state index in [0.29, 0.717) is 12.5 Å². The fraction of sp³-hybridized carbons (Fsp3) is 0.474. The van der Waals surface area contributed by atoms with Crippen LogP contribution < -0.4 is 0 Å². The molecule has 24 heavy (non-hydrogen) atoms. The second-order valence-corrected chi connectivity index (χ2v) is 6.51. The van der Waals surface area contributed by atoms with Crippen LogP contribution in [-0.4, -0.2) is 45.7 Å². The van der Waals surface area contributed by atoms with Gasteiger partial charge in [-0.25, -0.2) is 4.79 Å². The van der Waals surface area contributed by atoms with Gasteiger partial charge in [-0.1, -0.05) is 30.3 Å². The fourth-order valence-corrected chi connectivity index (χ4v) is 3.33. The third-order valence-electron chi connectivity index (χ3n) is 4.80. The van der Waals surface area contributed by atoms with Crippen LogP contribution in [0.4, 0.5) is 4.79 Å². The number of likely N-dealkylation sites (tertiary alicyclic amines) is 1. The smallest absolute Gasteiger partial charge is 0.320 e. The maximum atomic E-state index is 12.6. The van der Waals surface area contributed by atoms with Crippen molar-refractivity contribution in [3.05, 3.63) is 53.9 Å². The molecule has 2 heterocycles. The van der Waals surface area contributed by atoms with Crippen LogP contribution in [0.2, 0.25) is 0 Å². The number of carbonyl (C=O) groups is 1. The molecule has 1 aliphatic rings. The predicted molar refractivity (Wildman–Crippen MR) is 94.8 cm³/mol. The Morgan fingerprint density at radius 1 is 1.25 bits per heavy atom. The van der Waals surface area contributed by atoms with Gasteiger partial charge in [0.2, 0.25) is 0 Å². The van der Waals surface area contributed by atoms with E-state index in [1.807, 2.05) is 45.9 Å². The molecule has 1 aromatic carbocycles. The van der Waals surface area contributed by atoms with E-state index in [9.17, 15) is 4.79 Å². The number of carbonyl (C=O) groups excluding carboxylic acids is 1. The lowest BCUT2D eigenvalue weighted by Gasteiger charge is -2.34. The van der Waals surface area contributed by atoms with Crippen LogP contribution in [0.1, 0.15) is 36.8 Å². The summed E-state index contributed by atoms with van der Waals surface area (Å²) in [5, 5.41) is 4.37. The van der Waals surface area contributed by atoms with Gasteiger partial charge >= 0.3 is 6.03 Å². The average Bonchev–Trinajstić information content (AvgIpc) is 3.11. The van der Waals surface area contributed by atoms with Crippen molar-refractivity contribution in [1.29, 1.82) is 0 Å². The largest absolute Gasteiger partial charge is 0.325 e. The van der Waals surface area contributed by atoms with Crippen LogP contribution in [0, 0.1) is 0 Å². The lowest BCUT2D eigenvalue weighted by molar-refractivity contribution is 0.147. The van der Waals surface area contributed by atoms with E-state index in [2.05, 4.69) is 30.4 Å². The third kappa shape index (κ3) is 3.78. The van der Waals surface area contributed by atoms with Crippen molar-refractivity contribution in [3.63, 3.8) is 0 Å². The second kappa shape index (κ2) is 7.51. The summed E-state index contributed by atoms with van der Waals surface area (Å²) in [6.07, 6.45) is 6.15. The summed E-state index contributed by atoms with van der Waals surface area (Å²) >= 11 is 0. The van der Waals surface area contributed by atoms with Crippen molar-refractivity contribution in [3.8, 4) is 0 Å². The monoisotopic (exact) mass is 326 g/mol. The molecule has 2 aromatic rings. The molecular formula is C19H26N4O. The van der Waals surface area contributed by atoms with Gasteiger partial charge in [-0.15, -0.1) is 0 Å². The molecule has 2 amide bonds. The van der Waals surface area contributed by atoms with Gasteiger partial charge in [0.25, 0.3) is 0 Å². The van der Waals surface area contributed by atoms with Crippen molar-refractivity contribution >= 4 is 6.03 Å². The van der Waals surface area contributed by atoms with Crippen LogP contribution in [-0.2, 0) is 13.1 Å². The molecule has 1 fully saturated rings. The maximum Gasteiger partial charge on any atom is 0.320 e. The van der Waals surface area contributed by atoms with Crippen molar-refractivity contribution in [2.24, 2.45) is 0 Å². The van der Waals surface area contributed by atoms with E-state index in [1.165, 1.54) is 5.56 Å². The van der Waals surface area contributed by atoms with Crippen LogP contribution in [0.5, 0.6) is 0 Å². The highest BCUT2D eigenvalue weighted by Crippen LogP contribution is 2.28. The van der Waals surface area contributed by atoms with Crippen LogP contribution >= 0.6 is 0 Å². The summed E-state index contributed by atoms with van der Waals surface area (Å²) in [7, 11) is 1.88. The van der Waals surface area contributed by atoms with Crippen LogP contribution in [0.15, 0.2) is 42.7 Å². The second-order valence-electron chi connectivity index (χ2n) is 6.51. The molecular weight excluding hydrogens is 300 g/mol. The Morgan fingerprint density at radius 2 is 1.96 bits per heavy atom. The Labute approximate surface area is 143 Å². The minimum atomic E-state index is 0.126. The molecule has 3 rings (SSSR count). The Bertz CT molecular complexity index is 659. The number of hydrogen-bond acceptors (Lipinski definition) is 2. The number of rotatable bonds is 4.